The molecule has 0 aliphatic heterocycles. The zero-order chi connectivity index (χ0) is 22.9. The molecule has 0 fully saturated rings. The van der Waals surface area contributed by atoms with Crippen molar-refractivity contribution in [3.05, 3.63) is 53.3 Å². The third-order valence-corrected chi connectivity index (χ3v) is 6.89. The highest BCUT2D eigenvalue weighted by atomic mass is 32.2. The predicted octanol–water partition coefficient (Wildman–Crippen LogP) is 1.80. The molecule has 0 spiro atoms. The molecular formula is C21H25N5O4S. The number of hydrogen-bond acceptors (Lipinski definition) is 5. The maximum absolute atomic E-state index is 12.4. The summed E-state index contributed by atoms with van der Waals surface area (Å²) in [6, 6.07) is 9.71. The Kier molecular flexibility index (Phi) is 6.14. The Morgan fingerprint density at radius 2 is 1.87 bits per heavy atom. The van der Waals surface area contributed by atoms with Crippen molar-refractivity contribution < 1.29 is 18.0 Å². The second kappa shape index (κ2) is 8.48. The minimum absolute atomic E-state index is 0.169. The van der Waals surface area contributed by atoms with Crippen LogP contribution in [0, 0.1) is 6.92 Å². The van der Waals surface area contributed by atoms with Gasteiger partial charge in [-0.15, -0.1) is 0 Å². The largest absolute Gasteiger partial charge is 0.366 e. The topological polar surface area (TPSA) is 127 Å². The lowest BCUT2D eigenvalue weighted by Gasteiger charge is -2.10. The number of rotatable bonds is 7. The number of nitrogens with two attached hydrogens (primary N) is 1. The second-order valence-electron chi connectivity index (χ2n) is 7.47. The highest BCUT2D eigenvalue weighted by Gasteiger charge is 2.19. The van der Waals surface area contributed by atoms with Crippen molar-refractivity contribution in [2.75, 3.05) is 19.4 Å². The van der Waals surface area contributed by atoms with Crippen molar-refractivity contribution in [3.8, 4) is 0 Å². The van der Waals surface area contributed by atoms with Gasteiger partial charge in [-0.25, -0.2) is 17.7 Å². The Balaban J connectivity index is 1.73. The Bertz CT molecular complexity index is 1280. The summed E-state index contributed by atoms with van der Waals surface area (Å²) in [5.41, 5.74) is 8.31. The van der Waals surface area contributed by atoms with Gasteiger partial charge >= 0.3 is 0 Å². The molecule has 1 aromatic heterocycles. The number of carbonyl (C=O) groups is 2. The summed E-state index contributed by atoms with van der Waals surface area (Å²) in [5.74, 6) is -0.0438. The van der Waals surface area contributed by atoms with Gasteiger partial charge in [-0.05, 0) is 48.9 Å². The van der Waals surface area contributed by atoms with E-state index in [2.05, 4.69) is 10.3 Å². The fourth-order valence-corrected chi connectivity index (χ4v) is 4.21. The van der Waals surface area contributed by atoms with E-state index in [0.29, 0.717) is 34.6 Å². The van der Waals surface area contributed by atoms with Gasteiger partial charge in [0.05, 0.1) is 15.9 Å². The summed E-state index contributed by atoms with van der Waals surface area (Å²) in [6.45, 7) is 1.75. The van der Waals surface area contributed by atoms with E-state index < -0.39 is 15.9 Å². The number of carbonyl (C=O) groups excluding carboxylic acids is 2. The van der Waals surface area contributed by atoms with Crippen molar-refractivity contribution in [1.82, 2.24) is 13.9 Å². The molecule has 3 N–H and O–H groups in total. The van der Waals surface area contributed by atoms with Crippen LogP contribution in [0.5, 0.6) is 0 Å². The van der Waals surface area contributed by atoms with E-state index in [1.807, 2.05) is 11.6 Å². The summed E-state index contributed by atoms with van der Waals surface area (Å²) < 4.78 is 27.7. The SMILES string of the molecule is Cc1cc(NC(=O)CCc2nc3cc(S(=O)(=O)N(C)C)ccc3n2C)ccc1C(N)=O. The van der Waals surface area contributed by atoms with Crippen LogP contribution in [0.1, 0.15) is 28.2 Å². The van der Waals surface area contributed by atoms with Crippen LogP contribution in [0.3, 0.4) is 0 Å². The Labute approximate surface area is 180 Å². The number of aromatic nitrogens is 2. The van der Waals surface area contributed by atoms with Gasteiger partial charge in [-0.2, -0.15) is 0 Å². The second-order valence-corrected chi connectivity index (χ2v) is 9.62. The predicted molar refractivity (Wildman–Crippen MR) is 118 cm³/mol. The summed E-state index contributed by atoms with van der Waals surface area (Å²) in [5, 5.41) is 2.80. The number of primary amides is 1. The van der Waals surface area contributed by atoms with E-state index in [-0.39, 0.29) is 17.2 Å². The van der Waals surface area contributed by atoms with Gasteiger partial charge < -0.3 is 15.6 Å². The molecule has 3 aromatic rings. The minimum Gasteiger partial charge on any atom is -0.366 e. The number of amides is 2. The zero-order valence-corrected chi connectivity index (χ0v) is 18.7. The number of benzene rings is 2. The van der Waals surface area contributed by atoms with Gasteiger partial charge in [0.1, 0.15) is 5.82 Å². The lowest BCUT2D eigenvalue weighted by Crippen LogP contribution is -2.22. The summed E-state index contributed by atoms with van der Waals surface area (Å²) in [4.78, 5) is 28.4. The van der Waals surface area contributed by atoms with Crippen LogP contribution in [-0.4, -0.2) is 48.2 Å². The molecule has 0 bridgehead atoms. The van der Waals surface area contributed by atoms with Gasteiger partial charge in [0.2, 0.25) is 21.8 Å². The first-order valence-corrected chi connectivity index (χ1v) is 11.0. The number of sulfonamides is 1. The molecule has 0 atom stereocenters. The van der Waals surface area contributed by atoms with E-state index >= 15 is 0 Å². The number of anilines is 1. The van der Waals surface area contributed by atoms with Crippen LogP contribution in [-0.2, 0) is 28.3 Å². The molecule has 0 saturated carbocycles. The third kappa shape index (κ3) is 4.59. The molecule has 1 heterocycles. The molecule has 164 valence electrons. The van der Waals surface area contributed by atoms with E-state index in [1.54, 1.807) is 37.3 Å². The fraction of sp³-hybridized carbons (Fsp3) is 0.286. The molecule has 9 nitrogen and oxygen atoms in total. The van der Waals surface area contributed by atoms with Gasteiger partial charge in [0.15, 0.2) is 0 Å². The molecule has 10 heteroatoms. The first-order valence-electron chi connectivity index (χ1n) is 9.59. The average Bonchev–Trinajstić information content (AvgIpc) is 3.01. The quantitative estimate of drug-likeness (QED) is 0.576. The van der Waals surface area contributed by atoms with E-state index in [4.69, 9.17) is 5.73 Å². The molecule has 0 aliphatic carbocycles. The Hall–Kier alpha value is -3.24. The van der Waals surface area contributed by atoms with Crippen LogP contribution >= 0.6 is 0 Å². The Morgan fingerprint density at radius 3 is 2.48 bits per heavy atom. The molecule has 0 unspecified atom stereocenters. The molecule has 3 rings (SSSR count). The van der Waals surface area contributed by atoms with Crippen molar-refractivity contribution in [1.29, 1.82) is 0 Å². The maximum atomic E-state index is 12.4. The molecular weight excluding hydrogens is 418 g/mol. The van der Waals surface area contributed by atoms with Crippen LogP contribution in [0.25, 0.3) is 11.0 Å². The number of aryl methyl sites for hydroxylation is 3. The number of nitrogens with zero attached hydrogens (tertiary/aromatic N) is 3. The van der Waals surface area contributed by atoms with Crippen molar-refractivity contribution in [2.24, 2.45) is 12.8 Å². The van der Waals surface area contributed by atoms with Gasteiger partial charge in [-0.1, -0.05) is 0 Å². The number of imidazole rings is 1. The fourth-order valence-electron chi connectivity index (χ4n) is 3.29. The molecule has 2 aromatic carbocycles. The monoisotopic (exact) mass is 443 g/mol. The number of nitrogens with one attached hydrogen (secondary N) is 1. The highest BCUT2D eigenvalue weighted by molar-refractivity contribution is 7.89. The normalized spacial score (nSPS) is 11.8. The van der Waals surface area contributed by atoms with Crippen LogP contribution in [0.2, 0.25) is 0 Å². The van der Waals surface area contributed by atoms with Crippen LogP contribution in [0.15, 0.2) is 41.3 Å². The molecule has 0 saturated heterocycles. The molecule has 0 radical (unpaired) electrons. The van der Waals surface area contributed by atoms with E-state index in [0.717, 1.165) is 9.82 Å². The smallest absolute Gasteiger partial charge is 0.248 e. The first kappa shape index (κ1) is 22.4. The maximum Gasteiger partial charge on any atom is 0.248 e. The van der Waals surface area contributed by atoms with Gasteiger partial charge in [0.25, 0.3) is 0 Å². The molecule has 0 aliphatic rings. The summed E-state index contributed by atoms with van der Waals surface area (Å²) >= 11 is 0. The zero-order valence-electron chi connectivity index (χ0n) is 17.8. The first-order chi connectivity index (χ1) is 14.5. The van der Waals surface area contributed by atoms with Crippen LogP contribution in [0.4, 0.5) is 5.69 Å². The van der Waals surface area contributed by atoms with Crippen LogP contribution < -0.4 is 11.1 Å². The minimum atomic E-state index is -3.55. The summed E-state index contributed by atoms with van der Waals surface area (Å²) in [6.07, 6.45) is 0.571. The Morgan fingerprint density at radius 1 is 1.16 bits per heavy atom. The number of fused-ring (bicyclic) bond motifs is 1. The van der Waals surface area contributed by atoms with E-state index in [9.17, 15) is 18.0 Å². The standard InChI is InChI=1S/C21H25N5O4S/c1-13-11-14(5-7-16(13)21(22)28)23-20(27)10-9-19-24-17-12-15(31(29,30)25(2)3)6-8-18(17)26(19)4/h5-8,11-12H,9-10H2,1-4H3,(H2,22,28)(H,23,27). The van der Waals surface area contributed by atoms with Crippen molar-refractivity contribution >= 4 is 38.6 Å². The highest BCUT2D eigenvalue weighted by Crippen LogP contribution is 2.22. The lowest BCUT2D eigenvalue weighted by atomic mass is 10.1. The average molecular weight is 444 g/mol. The van der Waals surface area contributed by atoms with Gasteiger partial charge in [-0.3, -0.25) is 9.59 Å². The van der Waals surface area contributed by atoms with Crippen molar-refractivity contribution in [3.63, 3.8) is 0 Å². The van der Waals surface area contributed by atoms with Crippen molar-refractivity contribution in [2.45, 2.75) is 24.7 Å². The molecule has 2 amide bonds. The number of hydrogen-bond donors (Lipinski definition) is 2. The van der Waals surface area contributed by atoms with Gasteiger partial charge in [0, 0.05) is 45.2 Å². The summed E-state index contributed by atoms with van der Waals surface area (Å²) in [7, 11) is 1.23. The lowest BCUT2D eigenvalue weighted by molar-refractivity contribution is -0.116. The third-order valence-electron chi connectivity index (χ3n) is 5.07. The van der Waals surface area contributed by atoms with E-state index in [1.165, 1.54) is 20.2 Å². The molecule has 31 heavy (non-hydrogen) atoms.